The number of ether oxygens (including phenoxy) is 1. The van der Waals surface area contributed by atoms with Gasteiger partial charge in [0.05, 0.1) is 36.3 Å². The summed E-state index contributed by atoms with van der Waals surface area (Å²) in [6, 6.07) is 2.80. The van der Waals surface area contributed by atoms with E-state index in [0.717, 1.165) is 12.7 Å². The van der Waals surface area contributed by atoms with Crippen LogP contribution in [-0.4, -0.2) is 58.0 Å². The average Bonchev–Trinajstić information content (AvgIpc) is 2.44. The molecule has 2 atom stereocenters. The van der Waals surface area contributed by atoms with Crippen molar-refractivity contribution in [3.63, 3.8) is 0 Å². The van der Waals surface area contributed by atoms with E-state index in [1.807, 2.05) is 13.8 Å². The Morgan fingerprint density at radius 1 is 1.52 bits per heavy atom. The molecule has 1 aliphatic rings. The molecule has 1 saturated heterocycles. The van der Waals surface area contributed by atoms with Gasteiger partial charge in [-0.25, -0.2) is 4.39 Å². The van der Waals surface area contributed by atoms with Crippen molar-refractivity contribution in [2.45, 2.75) is 38.1 Å². The fourth-order valence-corrected chi connectivity index (χ4v) is 2.72. The summed E-state index contributed by atoms with van der Waals surface area (Å²) in [7, 11) is 0. The summed E-state index contributed by atoms with van der Waals surface area (Å²) in [6.45, 7) is 6.02. The summed E-state index contributed by atoms with van der Waals surface area (Å²) in [4.78, 5) is 6.06. The minimum atomic E-state index is -0.718. The first-order chi connectivity index (χ1) is 9.89. The quantitative estimate of drug-likeness (QED) is 0.852. The highest BCUT2D eigenvalue weighted by Gasteiger charge is 2.33. The topological polar surface area (TPSA) is 65.8 Å². The van der Waals surface area contributed by atoms with E-state index >= 15 is 0 Å². The molecule has 1 fully saturated rings. The van der Waals surface area contributed by atoms with Crippen LogP contribution in [0, 0.1) is 5.82 Å². The predicted octanol–water partition coefficient (Wildman–Crippen LogP) is 1.12. The van der Waals surface area contributed by atoms with Crippen molar-refractivity contribution in [3.8, 4) is 0 Å². The molecule has 0 radical (unpaired) electrons. The van der Waals surface area contributed by atoms with Gasteiger partial charge in [0.25, 0.3) is 0 Å². The second kappa shape index (κ2) is 6.79. The van der Waals surface area contributed by atoms with Crippen LogP contribution >= 0.6 is 0 Å². The summed E-state index contributed by atoms with van der Waals surface area (Å²) in [5, 5.41) is 19.4. The number of aliphatic hydroxyl groups is 2. The van der Waals surface area contributed by atoms with Crippen molar-refractivity contribution in [2.75, 3.05) is 26.2 Å². The second-order valence-electron chi connectivity index (χ2n) is 6.12. The Bertz CT molecular complexity index is 453. The summed E-state index contributed by atoms with van der Waals surface area (Å²) < 4.78 is 18.6. The van der Waals surface area contributed by atoms with Gasteiger partial charge in [-0.3, -0.25) is 9.88 Å². The van der Waals surface area contributed by atoms with Crippen molar-refractivity contribution in [2.24, 2.45) is 0 Å². The predicted molar refractivity (Wildman–Crippen MR) is 76.2 cm³/mol. The lowest BCUT2D eigenvalue weighted by molar-refractivity contribution is -0.149. The van der Waals surface area contributed by atoms with Crippen molar-refractivity contribution in [1.29, 1.82) is 0 Å². The Balaban J connectivity index is 1.88. The minimum Gasteiger partial charge on any atom is -0.394 e. The van der Waals surface area contributed by atoms with Crippen LogP contribution in [0.4, 0.5) is 4.39 Å². The molecule has 1 aliphatic heterocycles. The summed E-state index contributed by atoms with van der Waals surface area (Å²) >= 11 is 0. The molecule has 21 heavy (non-hydrogen) atoms. The zero-order chi connectivity index (χ0) is 15.5. The number of hydrogen-bond acceptors (Lipinski definition) is 5. The SMILES string of the molecule is CC1(C)CN(CCC(O)c2ccc(F)cn2)CC(CO)O1. The normalized spacial score (nSPS) is 24.0. The molecule has 1 aromatic heterocycles. The van der Waals surface area contributed by atoms with E-state index in [1.165, 1.54) is 12.1 Å². The third-order valence-corrected chi connectivity index (χ3v) is 3.57. The number of halogens is 1. The first kappa shape index (κ1) is 16.3. The molecule has 0 spiro atoms. The molecule has 2 unspecified atom stereocenters. The number of morpholine rings is 1. The Morgan fingerprint density at radius 3 is 2.90 bits per heavy atom. The van der Waals surface area contributed by atoms with Gasteiger partial charge in [-0.15, -0.1) is 0 Å². The van der Waals surface area contributed by atoms with Gasteiger partial charge in [-0.2, -0.15) is 0 Å². The highest BCUT2D eigenvalue weighted by atomic mass is 19.1. The molecule has 1 aromatic rings. The third kappa shape index (κ3) is 4.71. The van der Waals surface area contributed by atoms with E-state index in [0.29, 0.717) is 25.2 Å². The Kier molecular flexibility index (Phi) is 5.27. The van der Waals surface area contributed by atoms with Crippen LogP contribution in [-0.2, 0) is 4.74 Å². The molecule has 5 nitrogen and oxygen atoms in total. The molecule has 2 N–H and O–H groups in total. The summed E-state index contributed by atoms with van der Waals surface area (Å²) in [5.74, 6) is -0.410. The van der Waals surface area contributed by atoms with E-state index < -0.39 is 11.9 Å². The van der Waals surface area contributed by atoms with Crippen LogP contribution < -0.4 is 0 Å². The third-order valence-electron chi connectivity index (χ3n) is 3.57. The highest BCUT2D eigenvalue weighted by molar-refractivity contribution is 5.08. The lowest BCUT2D eigenvalue weighted by atomic mass is 10.0. The molecule has 2 rings (SSSR count). The van der Waals surface area contributed by atoms with E-state index in [-0.39, 0.29) is 18.3 Å². The first-order valence-electron chi connectivity index (χ1n) is 7.20. The van der Waals surface area contributed by atoms with Gasteiger partial charge in [0, 0.05) is 19.6 Å². The first-order valence-corrected chi connectivity index (χ1v) is 7.20. The van der Waals surface area contributed by atoms with E-state index in [2.05, 4.69) is 9.88 Å². The van der Waals surface area contributed by atoms with Crippen LogP contribution in [0.15, 0.2) is 18.3 Å². The van der Waals surface area contributed by atoms with Gasteiger partial charge in [0.2, 0.25) is 0 Å². The maximum absolute atomic E-state index is 12.8. The fourth-order valence-electron chi connectivity index (χ4n) is 2.72. The summed E-state index contributed by atoms with van der Waals surface area (Å²) in [5.41, 5.74) is 0.160. The van der Waals surface area contributed by atoms with Gasteiger partial charge < -0.3 is 14.9 Å². The van der Waals surface area contributed by atoms with Gasteiger partial charge in [0.1, 0.15) is 5.82 Å². The van der Waals surface area contributed by atoms with Crippen LogP contribution in [0.1, 0.15) is 32.1 Å². The molecule has 0 saturated carbocycles. The van der Waals surface area contributed by atoms with E-state index in [9.17, 15) is 14.6 Å². The number of aliphatic hydroxyl groups excluding tert-OH is 2. The summed E-state index contributed by atoms with van der Waals surface area (Å²) in [6.07, 6.45) is 0.699. The highest BCUT2D eigenvalue weighted by Crippen LogP contribution is 2.22. The van der Waals surface area contributed by atoms with Crippen LogP contribution in [0.2, 0.25) is 0 Å². The largest absolute Gasteiger partial charge is 0.394 e. The molecule has 0 aromatic carbocycles. The Labute approximate surface area is 124 Å². The molecule has 0 amide bonds. The lowest BCUT2D eigenvalue weighted by Crippen LogP contribution is -2.54. The Morgan fingerprint density at radius 2 is 2.29 bits per heavy atom. The molecule has 118 valence electrons. The number of nitrogens with zero attached hydrogens (tertiary/aromatic N) is 2. The molecule has 2 heterocycles. The number of rotatable bonds is 5. The monoisotopic (exact) mass is 298 g/mol. The molecule has 0 aliphatic carbocycles. The smallest absolute Gasteiger partial charge is 0.141 e. The standard InChI is InChI=1S/C15H23FN2O3/c1-15(2)10-18(8-12(9-19)21-15)6-5-14(20)13-4-3-11(16)7-17-13/h3-4,7,12,14,19-20H,5-6,8-10H2,1-2H3. The van der Waals surface area contributed by atoms with E-state index in [4.69, 9.17) is 4.74 Å². The van der Waals surface area contributed by atoms with Crippen molar-refractivity contribution in [3.05, 3.63) is 29.8 Å². The zero-order valence-electron chi connectivity index (χ0n) is 12.5. The molecule has 0 bridgehead atoms. The average molecular weight is 298 g/mol. The van der Waals surface area contributed by atoms with Gasteiger partial charge in [0.15, 0.2) is 0 Å². The van der Waals surface area contributed by atoms with Crippen LogP contribution in [0.5, 0.6) is 0 Å². The minimum absolute atomic E-state index is 0.0119. The number of aromatic nitrogens is 1. The molecular formula is C15H23FN2O3. The van der Waals surface area contributed by atoms with Crippen LogP contribution in [0.3, 0.4) is 0 Å². The molecular weight excluding hydrogens is 275 g/mol. The zero-order valence-corrected chi connectivity index (χ0v) is 12.5. The van der Waals surface area contributed by atoms with Crippen molar-refractivity contribution >= 4 is 0 Å². The second-order valence-corrected chi connectivity index (χ2v) is 6.12. The number of pyridine rings is 1. The molecule has 6 heteroatoms. The maximum atomic E-state index is 12.8. The van der Waals surface area contributed by atoms with E-state index in [1.54, 1.807) is 0 Å². The van der Waals surface area contributed by atoms with Gasteiger partial charge in [-0.1, -0.05) is 0 Å². The van der Waals surface area contributed by atoms with Gasteiger partial charge in [-0.05, 0) is 32.4 Å². The van der Waals surface area contributed by atoms with Crippen LogP contribution in [0.25, 0.3) is 0 Å². The van der Waals surface area contributed by atoms with Crippen molar-refractivity contribution < 1.29 is 19.3 Å². The fraction of sp³-hybridized carbons (Fsp3) is 0.667. The van der Waals surface area contributed by atoms with Gasteiger partial charge >= 0.3 is 0 Å². The Hall–Kier alpha value is -1.08. The number of hydrogen-bond donors (Lipinski definition) is 2. The maximum Gasteiger partial charge on any atom is 0.141 e. The van der Waals surface area contributed by atoms with Crippen molar-refractivity contribution in [1.82, 2.24) is 9.88 Å². The lowest BCUT2D eigenvalue weighted by Gasteiger charge is -2.42.